The molecule has 2 aliphatic rings. The predicted octanol–water partition coefficient (Wildman–Crippen LogP) is 5.37. The summed E-state index contributed by atoms with van der Waals surface area (Å²) in [5.74, 6) is 0.429. The van der Waals surface area contributed by atoms with Crippen molar-refractivity contribution in [3.63, 3.8) is 0 Å². The topological polar surface area (TPSA) is 107 Å². The number of nitrogen functional groups attached to an aromatic ring is 1. The highest BCUT2D eigenvalue weighted by Crippen LogP contribution is 2.48. The van der Waals surface area contributed by atoms with Gasteiger partial charge in [-0.05, 0) is 28.4 Å². The predicted molar refractivity (Wildman–Crippen MR) is 144 cm³/mol. The van der Waals surface area contributed by atoms with Gasteiger partial charge in [-0.3, -0.25) is 0 Å². The molecule has 0 unspecified atom stereocenters. The summed E-state index contributed by atoms with van der Waals surface area (Å²) in [5.41, 5.74) is 8.00. The van der Waals surface area contributed by atoms with Crippen LogP contribution in [0.4, 0.5) is 5.82 Å². The Morgan fingerprint density at radius 2 is 1.60 bits per heavy atom. The molecule has 4 heterocycles. The van der Waals surface area contributed by atoms with Gasteiger partial charge in [0.05, 0.1) is 18.1 Å². The van der Waals surface area contributed by atoms with Crippen molar-refractivity contribution in [3.8, 4) is 0 Å². The molecule has 0 aromatic carbocycles. The first kappa shape index (κ1) is 27.0. The molecule has 2 aromatic rings. The quantitative estimate of drug-likeness (QED) is 0.383. The number of hydrogen-bond donors (Lipinski definition) is 1. The van der Waals surface area contributed by atoms with Crippen molar-refractivity contribution < 1.29 is 17.7 Å². The minimum absolute atomic E-state index is 0.140. The van der Waals surface area contributed by atoms with Crippen LogP contribution in [-0.2, 0) is 17.7 Å². The molecule has 0 amide bonds. The monoisotopic (exact) mass is 539 g/mol. The third kappa shape index (κ3) is 4.49. The lowest BCUT2D eigenvalue weighted by molar-refractivity contribution is -0.0577. The minimum Gasteiger partial charge on any atom is -0.414 e. The highest BCUT2D eigenvalue weighted by Gasteiger charge is 2.60. The molecule has 2 fully saturated rings. The second-order valence-corrected chi connectivity index (χ2v) is 20.5. The van der Waals surface area contributed by atoms with Crippen molar-refractivity contribution in [1.29, 1.82) is 0 Å². The molecule has 2 aromatic heterocycles. The smallest absolute Gasteiger partial charge is 0.335 e. The molecule has 196 valence electrons. The Labute approximate surface area is 215 Å². The first-order valence-electron chi connectivity index (χ1n) is 12.7. The zero-order valence-electron chi connectivity index (χ0n) is 22.4. The number of hydrogen-bond acceptors (Lipinski definition) is 9. The fourth-order valence-electron chi connectivity index (χ4n) is 5.59. The number of thioether (sulfide) groups is 1. The number of fused-ring (bicyclic) bond motifs is 2. The van der Waals surface area contributed by atoms with Gasteiger partial charge in [0.2, 0.25) is 0 Å². The van der Waals surface area contributed by atoms with Crippen LogP contribution in [0.15, 0.2) is 11.4 Å². The van der Waals surface area contributed by atoms with Crippen molar-refractivity contribution in [3.05, 3.63) is 6.33 Å². The third-order valence-corrected chi connectivity index (χ3v) is 18.4. The Hall–Kier alpha value is -1.03. The number of anilines is 1. The van der Waals surface area contributed by atoms with Crippen LogP contribution in [0.25, 0.3) is 11.0 Å². The van der Waals surface area contributed by atoms with E-state index in [1.807, 2.05) is 10.9 Å². The maximum atomic E-state index is 7.28. The van der Waals surface area contributed by atoms with E-state index in [0.29, 0.717) is 35.6 Å². The van der Waals surface area contributed by atoms with Crippen LogP contribution in [0.3, 0.4) is 0 Å². The molecule has 4 rings (SSSR count). The third-order valence-electron chi connectivity index (χ3n) is 7.48. The summed E-state index contributed by atoms with van der Waals surface area (Å²) in [6.07, 6.45) is 3.44. The molecule has 35 heavy (non-hydrogen) atoms. The minimum atomic E-state index is -2.68. The fourth-order valence-corrected chi connectivity index (χ4v) is 17.4. The van der Waals surface area contributed by atoms with E-state index in [1.54, 1.807) is 0 Å². The van der Waals surface area contributed by atoms with Crippen LogP contribution in [-0.4, -0.2) is 61.9 Å². The highest BCUT2D eigenvalue weighted by molar-refractivity contribution is 7.98. The average Bonchev–Trinajstić information content (AvgIpc) is 3.34. The Morgan fingerprint density at radius 3 is 2.17 bits per heavy atom. The number of aromatic nitrogens is 4. The Bertz CT molecular complexity index is 1030. The summed E-state index contributed by atoms with van der Waals surface area (Å²) >= 11 is 1.53. The molecule has 0 saturated carbocycles. The van der Waals surface area contributed by atoms with Gasteiger partial charge in [-0.25, -0.2) is 14.6 Å². The maximum Gasteiger partial charge on any atom is 0.335 e. The summed E-state index contributed by atoms with van der Waals surface area (Å²) in [6, 6.07) is 0. The molecule has 0 radical (unpaired) electrons. The van der Waals surface area contributed by atoms with E-state index in [9.17, 15) is 0 Å². The van der Waals surface area contributed by atoms with Crippen LogP contribution in [0, 0.1) is 0 Å². The first-order valence-corrected chi connectivity index (χ1v) is 17.8. The van der Waals surface area contributed by atoms with E-state index in [-0.39, 0.29) is 29.5 Å². The van der Waals surface area contributed by atoms with Crippen molar-refractivity contribution in [2.24, 2.45) is 0 Å². The van der Waals surface area contributed by atoms with E-state index < -0.39 is 17.1 Å². The highest BCUT2D eigenvalue weighted by atomic mass is 32.2. The Balaban J connectivity index is 1.75. The number of nitrogens with zero attached hydrogens (tertiary/aromatic N) is 4. The first-order chi connectivity index (χ1) is 16.5. The number of nitrogens with two attached hydrogens (primary N) is 1. The van der Waals surface area contributed by atoms with Gasteiger partial charge in [0.1, 0.15) is 23.3 Å². The maximum absolute atomic E-state index is 7.28. The van der Waals surface area contributed by atoms with Crippen molar-refractivity contribution >= 4 is 45.7 Å². The van der Waals surface area contributed by atoms with Crippen molar-refractivity contribution in [2.45, 2.75) is 107 Å². The van der Waals surface area contributed by atoms with Gasteiger partial charge in [0, 0.05) is 6.42 Å². The molecule has 9 nitrogen and oxygen atoms in total. The molecule has 2 saturated heterocycles. The molecular formula is C23H41N5O4SSi2. The zero-order chi connectivity index (χ0) is 25.7. The van der Waals surface area contributed by atoms with Crippen LogP contribution in [0.2, 0.25) is 22.2 Å². The van der Waals surface area contributed by atoms with E-state index >= 15 is 0 Å². The second-order valence-electron chi connectivity index (χ2n) is 10.9. The van der Waals surface area contributed by atoms with Crippen molar-refractivity contribution in [2.75, 3.05) is 18.6 Å². The van der Waals surface area contributed by atoms with E-state index in [1.165, 1.54) is 18.1 Å². The van der Waals surface area contributed by atoms with Crippen LogP contribution >= 0.6 is 11.8 Å². The zero-order valence-corrected chi connectivity index (χ0v) is 25.3. The summed E-state index contributed by atoms with van der Waals surface area (Å²) in [5, 5.41) is 6.38. The fraction of sp³-hybridized carbons (Fsp3) is 0.783. The number of ether oxygens (including phenoxy) is 1. The Kier molecular flexibility index (Phi) is 7.74. The van der Waals surface area contributed by atoms with Gasteiger partial charge in [0.15, 0.2) is 11.9 Å². The van der Waals surface area contributed by atoms with Gasteiger partial charge in [0.25, 0.3) is 0 Å². The van der Waals surface area contributed by atoms with Gasteiger partial charge >= 0.3 is 17.1 Å². The molecule has 2 N–H and O–H groups in total. The summed E-state index contributed by atoms with van der Waals surface area (Å²) < 4.78 is 29.7. The molecule has 0 aliphatic carbocycles. The van der Waals surface area contributed by atoms with Gasteiger partial charge < -0.3 is 23.4 Å². The lowest BCUT2D eigenvalue weighted by Crippen LogP contribution is -2.65. The molecule has 3 atom stereocenters. The second kappa shape index (κ2) is 10.0. The molecule has 0 bridgehead atoms. The largest absolute Gasteiger partial charge is 0.414 e. The van der Waals surface area contributed by atoms with Crippen molar-refractivity contribution in [1.82, 2.24) is 19.7 Å². The molecule has 2 aliphatic heterocycles. The molecule has 12 heteroatoms. The van der Waals surface area contributed by atoms with Crippen LogP contribution in [0.1, 0.15) is 68.0 Å². The Morgan fingerprint density at radius 1 is 0.971 bits per heavy atom. The normalized spacial score (nSPS) is 26.6. The van der Waals surface area contributed by atoms with Gasteiger partial charge in [-0.15, -0.1) is 11.8 Å². The summed E-state index contributed by atoms with van der Waals surface area (Å²) in [4.78, 5) is 8.67. The van der Waals surface area contributed by atoms with Gasteiger partial charge in [-0.1, -0.05) is 55.4 Å². The van der Waals surface area contributed by atoms with E-state index in [0.717, 1.165) is 10.4 Å². The standard InChI is InChI=1S/C23H41N5O4SSi2/c1-13(2)34(14(3)4)29-11-18-17(31-35(32-34,15(5)6)16(7)8)10-19(30-18)28-22-20(23(27-28)33-9)21(24)25-12-26-22/h12-19H,10-11H2,1-9H3,(H2,24,25,26)/t17-,18-,19+/m1/s1. The summed E-state index contributed by atoms with van der Waals surface area (Å²) in [6.45, 7) is 18.3. The summed E-state index contributed by atoms with van der Waals surface area (Å²) in [7, 11) is -5.29. The lowest BCUT2D eigenvalue weighted by atomic mass is 10.2. The van der Waals surface area contributed by atoms with Gasteiger partial charge in [-0.2, -0.15) is 5.10 Å². The van der Waals surface area contributed by atoms with E-state index in [4.69, 9.17) is 28.5 Å². The SMILES string of the molecule is CSc1nn([C@@H]2C[C@H]3O[Si](C(C)C)(C(C)C)O[Si](C(C)C)(C(C)C)OC[C@H]3O2)c2ncnc(N)c12. The number of rotatable bonds is 6. The van der Waals surface area contributed by atoms with Crippen LogP contribution in [0.5, 0.6) is 0 Å². The molecular weight excluding hydrogens is 499 g/mol. The lowest BCUT2D eigenvalue weighted by Gasteiger charge is -2.51. The van der Waals surface area contributed by atoms with Crippen LogP contribution < -0.4 is 5.73 Å². The molecule has 0 spiro atoms. The van der Waals surface area contributed by atoms with E-state index in [2.05, 4.69) is 65.4 Å². The average molecular weight is 540 g/mol.